The Morgan fingerprint density at radius 2 is 1.75 bits per heavy atom. The van der Waals surface area contributed by atoms with Crippen LogP contribution in [0.25, 0.3) is 10.8 Å². The number of nitrogens with two attached hydrogens (primary N) is 1. The van der Waals surface area contributed by atoms with Gasteiger partial charge in [-0.2, -0.15) is 5.10 Å². The first kappa shape index (κ1) is 18.4. The highest BCUT2D eigenvalue weighted by atomic mass is 16.2. The van der Waals surface area contributed by atoms with E-state index in [1.54, 1.807) is 13.1 Å². The lowest BCUT2D eigenvalue weighted by molar-refractivity contribution is -0.129. The molecule has 1 aliphatic heterocycles. The topological polar surface area (TPSA) is 81.2 Å². The summed E-state index contributed by atoms with van der Waals surface area (Å²) in [7, 11) is 1.62. The van der Waals surface area contributed by atoms with Crippen molar-refractivity contribution < 1.29 is 4.79 Å². The minimum Gasteiger partial charge on any atom is -0.341 e. The van der Waals surface area contributed by atoms with Crippen molar-refractivity contribution in [2.45, 2.75) is 12.3 Å². The van der Waals surface area contributed by atoms with E-state index in [2.05, 4.69) is 17.2 Å². The summed E-state index contributed by atoms with van der Waals surface area (Å²) in [5.41, 5.74) is 7.70. The number of aromatic nitrogens is 2. The number of aryl methyl sites for hydroxylation is 1. The van der Waals surface area contributed by atoms with Crippen LogP contribution in [0.4, 0.5) is 0 Å². The number of carbonyl (C=O) groups excluding carboxylic acids is 1. The zero-order valence-electron chi connectivity index (χ0n) is 15.9. The van der Waals surface area contributed by atoms with Gasteiger partial charge in [0.15, 0.2) is 0 Å². The highest BCUT2D eigenvalue weighted by molar-refractivity contribution is 5.88. The number of fused-ring (bicyclic) bond motifs is 1. The first-order valence-corrected chi connectivity index (χ1v) is 9.56. The predicted molar refractivity (Wildman–Crippen MR) is 109 cm³/mol. The molecule has 0 bridgehead atoms. The summed E-state index contributed by atoms with van der Waals surface area (Å²) in [5, 5.41) is 5.69. The maximum absolute atomic E-state index is 13.1. The van der Waals surface area contributed by atoms with Crippen molar-refractivity contribution in [1.82, 2.24) is 14.7 Å². The number of rotatable bonds is 4. The zero-order valence-corrected chi connectivity index (χ0v) is 15.9. The summed E-state index contributed by atoms with van der Waals surface area (Å²) < 4.78 is 1.31. The van der Waals surface area contributed by atoms with E-state index in [0.29, 0.717) is 30.7 Å². The van der Waals surface area contributed by atoms with E-state index in [1.165, 1.54) is 10.2 Å². The van der Waals surface area contributed by atoms with Gasteiger partial charge in [0, 0.05) is 31.4 Å². The minimum atomic E-state index is -0.152. The van der Waals surface area contributed by atoms with E-state index < -0.39 is 0 Å². The van der Waals surface area contributed by atoms with Gasteiger partial charge in [-0.15, -0.1) is 0 Å². The first-order valence-electron chi connectivity index (χ1n) is 9.56. The van der Waals surface area contributed by atoms with Gasteiger partial charge >= 0.3 is 0 Å². The Morgan fingerprint density at radius 1 is 1.07 bits per heavy atom. The predicted octanol–water partition coefficient (Wildman–Crippen LogP) is 1.68. The standard InChI is InChI=1S/C22H24N4O2/c1-25-22(28)18-10-6-5-9-17(18)20(24-25)11-21(27)26-13-16(12-23)19(14-26)15-7-3-2-4-8-15/h2-10,16,19H,11-14,23H2,1H3/t16-,19+/m1/s1. The summed E-state index contributed by atoms with van der Waals surface area (Å²) in [6.07, 6.45) is 0.174. The van der Waals surface area contributed by atoms with Crippen molar-refractivity contribution in [3.63, 3.8) is 0 Å². The van der Waals surface area contributed by atoms with Gasteiger partial charge < -0.3 is 10.6 Å². The largest absolute Gasteiger partial charge is 0.341 e. The van der Waals surface area contributed by atoms with Crippen molar-refractivity contribution >= 4 is 16.7 Å². The maximum Gasteiger partial charge on any atom is 0.274 e. The molecule has 144 valence electrons. The van der Waals surface area contributed by atoms with Crippen molar-refractivity contribution in [2.75, 3.05) is 19.6 Å². The normalized spacial score (nSPS) is 19.3. The second-order valence-corrected chi connectivity index (χ2v) is 7.41. The molecule has 2 N–H and O–H groups in total. The monoisotopic (exact) mass is 376 g/mol. The van der Waals surface area contributed by atoms with Gasteiger partial charge in [0.1, 0.15) is 0 Å². The average Bonchev–Trinajstić information content (AvgIpc) is 3.17. The van der Waals surface area contributed by atoms with Crippen molar-refractivity contribution in [2.24, 2.45) is 18.7 Å². The highest BCUT2D eigenvalue weighted by Crippen LogP contribution is 2.32. The van der Waals surface area contributed by atoms with Gasteiger partial charge in [-0.3, -0.25) is 9.59 Å². The van der Waals surface area contributed by atoms with Crippen LogP contribution >= 0.6 is 0 Å². The summed E-state index contributed by atoms with van der Waals surface area (Å²) in [5.74, 6) is 0.518. The lowest BCUT2D eigenvalue weighted by atomic mass is 9.89. The molecule has 2 heterocycles. The number of amides is 1. The second kappa shape index (κ2) is 7.56. The zero-order chi connectivity index (χ0) is 19.7. The molecule has 3 aromatic rings. The van der Waals surface area contributed by atoms with Crippen LogP contribution in [-0.2, 0) is 18.3 Å². The van der Waals surface area contributed by atoms with Crippen LogP contribution in [0.2, 0.25) is 0 Å². The molecule has 1 saturated heterocycles. The smallest absolute Gasteiger partial charge is 0.274 e. The molecular formula is C22H24N4O2. The Balaban J connectivity index is 1.59. The third-order valence-electron chi connectivity index (χ3n) is 5.68. The summed E-state index contributed by atoms with van der Waals surface area (Å²) in [6, 6.07) is 17.6. The molecule has 1 fully saturated rings. The van der Waals surface area contributed by atoms with Crippen LogP contribution in [-0.4, -0.2) is 40.2 Å². The number of likely N-dealkylation sites (tertiary alicyclic amines) is 1. The van der Waals surface area contributed by atoms with E-state index in [9.17, 15) is 9.59 Å². The summed E-state index contributed by atoms with van der Waals surface area (Å²) in [6.45, 7) is 1.86. The van der Waals surface area contributed by atoms with Gasteiger partial charge in [0.25, 0.3) is 5.56 Å². The van der Waals surface area contributed by atoms with E-state index in [1.807, 2.05) is 41.3 Å². The van der Waals surface area contributed by atoms with Crippen molar-refractivity contribution in [3.05, 3.63) is 76.2 Å². The molecule has 1 aliphatic rings. The number of carbonyl (C=O) groups is 1. The summed E-state index contributed by atoms with van der Waals surface area (Å²) in [4.78, 5) is 27.2. The number of nitrogens with zero attached hydrogens (tertiary/aromatic N) is 3. The average molecular weight is 376 g/mol. The number of benzene rings is 2. The van der Waals surface area contributed by atoms with Crippen LogP contribution in [0.15, 0.2) is 59.4 Å². The lowest BCUT2D eigenvalue weighted by Crippen LogP contribution is -2.32. The fraction of sp³-hybridized carbons (Fsp3) is 0.318. The van der Waals surface area contributed by atoms with Crippen LogP contribution in [0.5, 0.6) is 0 Å². The molecule has 2 atom stereocenters. The Hall–Kier alpha value is -2.99. The lowest BCUT2D eigenvalue weighted by Gasteiger charge is -2.17. The second-order valence-electron chi connectivity index (χ2n) is 7.41. The molecule has 2 aromatic carbocycles. The molecule has 6 nitrogen and oxygen atoms in total. The van der Waals surface area contributed by atoms with E-state index in [4.69, 9.17) is 5.73 Å². The molecule has 0 aliphatic carbocycles. The molecule has 28 heavy (non-hydrogen) atoms. The van der Waals surface area contributed by atoms with Crippen LogP contribution in [0.1, 0.15) is 17.2 Å². The van der Waals surface area contributed by atoms with E-state index >= 15 is 0 Å². The molecule has 1 aromatic heterocycles. The van der Waals surface area contributed by atoms with Crippen molar-refractivity contribution in [1.29, 1.82) is 0 Å². The molecule has 1 amide bonds. The van der Waals surface area contributed by atoms with Gasteiger partial charge in [-0.05, 0) is 24.1 Å². The molecule has 6 heteroatoms. The molecular weight excluding hydrogens is 352 g/mol. The van der Waals surface area contributed by atoms with Crippen LogP contribution in [0.3, 0.4) is 0 Å². The third-order valence-corrected chi connectivity index (χ3v) is 5.68. The Bertz CT molecular complexity index is 1060. The molecule has 0 radical (unpaired) electrons. The van der Waals surface area contributed by atoms with Crippen molar-refractivity contribution in [3.8, 4) is 0 Å². The molecule has 4 rings (SSSR count). The maximum atomic E-state index is 13.1. The Labute approximate surface area is 163 Å². The molecule has 0 saturated carbocycles. The number of hydrogen-bond donors (Lipinski definition) is 1. The van der Waals surface area contributed by atoms with Crippen LogP contribution in [0, 0.1) is 5.92 Å². The Kier molecular flexibility index (Phi) is 4.96. The quantitative estimate of drug-likeness (QED) is 0.751. The molecule has 0 spiro atoms. The fourth-order valence-corrected chi connectivity index (χ4v) is 4.15. The van der Waals surface area contributed by atoms with E-state index in [0.717, 1.165) is 5.39 Å². The number of hydrogen-bond acceptors (Lipinski definition) is 4. The van der Waals surface area contributed by atoms with E-state index in [-0.39, 0.29) is 29.7 Å². The van der Waals surface area contributed by atoms with Gasteiger partial charge in [0.2, 0.25) is 5.91 Å². The third kappa shape index (κ3) is 3.31. The minimum absolute atomic E-state index is 0.0215. The van der Waals surface area contributed by atoms with Gasteiger partial charge in [-0.25, -0.2) is 4.68 Å². The van der Waals surface area contributed by atoms with Crippen LogP contribution < -0.4 is 11.3 Å². The highest BCUT2D eigenvalue weighted by Gasteiger charge is 2.35. The SMILES string of the molecule is Cn1nc(CC(=O)N2C[C@@H](CN)[C@H](c3ccccc3)C2)c2ccccc2c1=O. The van der Waals surface area contributed by atoms with Gasteiger partial charge in [-0.1, -0.05) is 48.5 Å². The Morgan fingerprint density at radius 3 is 2.46 bits per heavy atom. The van der Waals surface area contributed by atoms with Gasteiger partial charge in [0.05, 0.1) is 17.5 Å². The summed E-state index contributed by atoms with van der Waals surface area (Å²) >= 11 is 0. The molecule has 0 unspecified atom stereocenters. The fourth-order valence-electron chi connectivity index (χ4n) is 4.15. The first-order chi connectivity index (χ1) is 13.6.